The van der Waals surface area contributed by atoms with Crippen LogP contribution in [0.15, 0.2) is 47.4 Å². The number of aryl methyl sites for hydroxylation is 1. The lowest BCUT2D eigenvalue weighted by Gasteiger charge is -2.26. The van der Waals surface area contributed by atoms with Gasteiger partial charge in [-0.1, -0.05) is 17.7 Å². The molecule has 0 spiro atoms. The maximum atomic E-state index is 12.8. The molecule has 0 aromatic heterocycles. The standard InChI is InChI=1S/C20H23ClN2O5S/c1-14-12-16(21)6-7-19(14)28-15(2)20(24)22-17-4-3-5-18(13-17)29(25,26)23-8-10-27-11-9-23/h3-7,12-13,15H,8-11H2,1-2H3,(H,22,24)/t15-/m0/s1. The molecule has 1 fully saturated rings. The highest BCUT2D eigenvalue weighted by Crippen LogP contribution is 2.24. The third kappa shape index (κ3) is 5.27. The zero-order valence-corrected chi connectivity index (χ0v) is 17.8. The summed E-state index contributed by atoms with van der Waals surface area (Å²) in [5.74, 6) is 0.168. The number of hydrogen-bond donors (Lipinski definition) is 1. The Labute approximate surface area is 175 Å². The van der Waals surface area contributed by atoms with Gasteiger partial charge in [-0.3, -0.25) is 4.79 Å². The van der Waals surface area contributed by atoms with Gasteiger partial charge in [0.25, 0.3) is 5.91 Å². The summed E-state index contributed by atoms with van der Waals surface area (Å²) < 4.78 is 37.9. The SMILES string of the molecule is Cc1cc(Cl)ccc1O[C@@H](C)C(=O)Nc1cccc(S(=O)(=O)N2CCOCC2)c1. The van der Waals surface area contributed by atoms with Crippen LogP contribution in [0.3, 0.4) is 0 Å². The first-order chi connectivity index (χ1) is 13.8. The van der Waals surface area contributed by atoms with E-state index in [4.69, 9.17) is 21.1 Å². The van der Waals surface area contributed by atoms with E-state index in [0.29, 0.717) is 42.8 Å². The highest BCUT2D eigenvalue weighted by atomic mass is 35.5. The molecule has 1 aliphatic heterocycles. The maximum absolute atomic E-state index is 12.8. The van der Waals surface area contributed by atoms with Gasteiger partial charge >= 0.3 is 0 Å². The maximum Gasteiger partial charge on any atom is 0.265 e. The molecule has 1 saturated heterocycles. The van der Waals surface area contributed by atoms with E-state index in [-0.39, 0.29) is 10.8 Å². The van der Waals surface area contributed by atoms with Crippen LogP contribution in [0, 0.1) is 6.92 Å². The highest BCUT2D eigenvalue weighted by Gasteiger charge is 2.26. The van der Waals surface area contributed by atoms with Gasteiger partial charge in [0.1, 0.15) is 5.75 Å². The molecule has 0 radical (unpaired) electrons. The van der Waals surface area contributed by atoms with E-state index in [9.17, 15) is 13.2 Å². The van der Waals surface area contributed by atoms with Crippen molar-refractivity contribution >= 4 is 33.2 Å². The van der Waals surface area contributed by atoms with Gasteiger partial charge in [-0.25, -0.2) is 8.42 Å². The summed E-state index contributed by atoms with van der Waals surface area (Å²) in [6.45, 7) is 4.82. The van der Waals surface area contributed by atoms with Crippen LogP contribution in [-0.4, -0.2) is 51.0 Å². The topological polar surface area (TPSA) is 84.9 Å². The first kappa shape index (κ1) is 21.6. The van der Waals surface area contributed by atoms with E-state index >= 15 is 0 Å². The molecule has 0 saturated carbocycles. The van der Waals surface area contributed by atoms with Gasteiger partial charge in [0.15, 0.2) is 6.10 Å². The van der Waals surface area contributed by atoms with Crippen LogP contribution in [0.2, 0.25) is 5.02 Å². The third-order valence-corrected chi connectivity index (χ3v) is 6.65. The number of anilines is 1. The molecule has 1 heterocycles. The number of carbonyl (C=O) groups excluding carboxylic acids is 1. The second kappa shape index (κ2) is 9.13. The Morgan fingerprint density at radius 1 is 1.21 bits per heavy atom. The number of benzene rings is 2. The highest BCUT2D eigenvalue weighted by molar-refractivity contribution is 7.89. The predicted molar refractivity (Wildman–Crippen MR) is 111 cm³/mol. The van der Waals surface area contributed by atoms with Crippen molar-refractivity contribution in [2.45, 2.75) is 24.8 Å². The monoisotopic (exact) mass is 438 g/mol. The van der Waals surface area contributed by atoms with E-state index in [2.05, 4.69) is 5.32 Å². The number of amides is 1. The van der Waals surface area contributed by atoms with Crippen molar-refractivity contribution in [2.75, 3.05) is 31.6 Å². The van der Waals surface area contributed by atoms with Crippen molar-refractivity contribution in [1.29, 1.82) is 0 Å². The van der Waals surface area contributed by atoms with Crippen LogP contribution >= 0.6 is 11.6 Å². The number of hydrogen-bond acceptors (Lipinski definition) is 5. The molecule has 1 atom stereocenters. The van der Waals surface area contributed by atoms with Crippen molar-refractivity contribution in [3.05, 3.63) is 53.1 Å². The molecule has 0 bridgehead atoms. The van der Waals surface area contributed by atoms with Crippen LogP contribution < -0.4 is 10.1 Å². The minimum Gasteiger partial charge on any atom is -0.481 e. The summed E-state index contributed by atoms with van der Waals surface area (Å²) in [4.78, 5) is 12.6. The molecule has 7 nitrogen and oxygen atoms in total. The smallest absolute Gasteiger partial charge is 0.265 e. The molecule has 9 heteroatoms. The van der Waals surface area contributed by atoms with Crippen molar-refractivity contribution in [3.63, 3.8) is 0 Å². The number of sulfonamides is 1. The molecular formula is C20H23ClN2O5S. The molecular weight excluding hydrogens is 416 g/mol. The van der Waals surface area contributed by atoms with E-state index < -0.39 is 16.1 Å². The quantitative estimate of drug-likeness (QED) is 0.749. The van der Waals surface area contributed by atoms with Gasteiger partial charge < -0.3 is 14.8 Å². The molecule has 1 amide bonds. The van der Waals surface area contributed by atoms with Crippen molar-refractivity contribution in [1.82, 2.24) is 4.31 Å². The normalized spacial score (nSPS) is 16.2. The van der Waals surface area contributed by atoms with Gasteiger partial charge in [-0.15, -0.1) is 0 Å². The number of halogens is 1. The van der Waals surface area contributed by atoms with E-state index in [1.165, 1.54) is 16.4 Å². The lowest BCUT2D eigenvalue weighted by atomic mass is 10.2. The fourth-order valence-electron chi connectivity index (χ4n) is 2.90. The first-order valence-corrected chi connectivity index (χ1v) is 11.0. The molecule has 29 heavy (non-hydrogen) atoms. The Balaban J connectivity index is 1.69. The summed E-state index contributed by atoms with van der Waals surface area (Å²) in [5, 5.41) is 3.30. The second-order valence-corrected chi connectivity index (χ2v) is 9.08. The van der Waals surface area contributed by atoms with Gasteiger partial charge in [-0.05, 0) is 55.8 Å². The van der Waals surface area contributed by atoms with Crippen LogP contribution in [0.5, 0.6) is 5.75 Å². The van der Waals surface area contributed by atoms with Gasteiger partial charge in [0, 0.05) is 23.8 Å². The van der Waals surface area contributed by atoms with E-state index in [0.717, 1.165) is 5.56 Å². The summed E-state index contributed by atoms with van der Waals surface area (Å²) in [6, 6.07) is 11.3. The minimum absolute atomic E-state index is 0.124. The first-order valence-electron chi connectivity index (χ1n) is 9.19. The summed E-state index contributed by atoms with van der Waals surface area (Å²) in [6.07, 6.45) is -0.783. The molecule has 1 aliphatic rings. The zero-order valence-electron chi connectivity index (χ0n) is 16.2. The largest absolute Gasteiger partial charge is 0.481 e. The van der Waals surface area contributed by atoms with Crippen LogP contribution in [0.25, 0.3) is 0 Å². The van der Waals surface area contributed by atoms with E-state index in [1.807, 2.05) is 6.92 Å². The molecule has 0 unspecified atom stereocenters. The van der Waals surface area contributed by atoms with Crippen molar-refractivity contribution in [2.24, 2.45) is 0 Å². The Morgan fingerprint density at radius 3 is 2.62 bits per heavy atom. The Morgan fingerprint density at radius 2 is 1.93 bits per heavy atom. The lowest BCUT2D eigenvalue weighted by molar-refractivity contribution is -0.122. The number of ether oxygens (including phenoxy) is 2. The van der Waals surface area contributed by atoms with E-state index in [1.54, 1.807) is 37.3 Å². The van der Waals surface area contributed by atoms with Crippen LogP contribution in [0.1, 0.15) is 12.5 Å². The second-order valence-electron chi connectivity index (χ2n) is 6.70. The van der Waals surface area contributed by atoms with Crippen molar-refractivity contribution < 1.29 is 22.7 Å². The Bertz CT molecular complexity index is 990. The van der Waals surface area contributed by atoms with Gasteiger partial charge in [-0.2, -0.15) is 4.31 Å². The predicted octanol–water partition coefficient (Wildman–Crippen LogP) is 3.08. The zero-order chi connectivity index (χ0) is 21.0. The Kier molecular flexibility index (Phi) is 6.79. The Hall–Kier alpha value is -2.13. The summed E-state index contributed by atoms with van der Waals surface area (Å²) in [5.41, 5.74) is 1.20. The molecule has 3 rings (SSSR count). The van der Waals surface area contributed by atoms with Gasteiger partial charge in [0.05, 0.1) is 18.1 Å². The summed E-state index contributed by atoms with van der Waals surface area (Å²) in [7, 11) is -3.64. The number of nitrogens with zero attached hydrogens (tertiary/aromatic N) is 1. The number of nitrogens with one attached hydrogen (secondary N) is 1. The van der Waals surface area contributed by atoms with Crippen LogP contribution in [-0.2, 0) is 19.6 Å². The fraction of sp³-hybridized carbons (Fsp3) is 0.350. The number of morpholine rings is 1. The third-order valence-electron chi connectivity index (χ3n) is 4.52. The molecule has 2 aromatic carbocycles. The molecule has 1 N–H and O–H groups in total. The fourth-order valence-corrected chi connectivity index (χ4v) is 4.58. The number of carbonyl (C=O) groups is 1. The van der Waals surface area contributed by atoms with Crippen molar-refractivity contribution in [3.8, 4) is 5.75 Å². The average Bonchev–Trinajstić information content (AvgIpc) is 2.71. The molecule has 0 aliphatic carbocycles. The molecule has 2 aromatic rings. The number of rotatable bonds is 6. The minimum atomic E-state index is -3.64. The lowest BCUT2D eigenvalue weighted by Crippen LogP contribution is -2.40. The summed E-state index contributed by atoms with van der Waals surface area (Å²) >= 11 is 5.94. The van der Waals surface area contributed by atoms with Gasteiger partial charge in [0.2, 0.25) is 10.0 Å². The molecule has 156 valence electrons. The van der Waals surface area contributed by atoms with Crippen LogP contribution in [0.4, 0.5) is 5.69 Å². The average molecular weight is 439 g/mol.